The van der Waals surface area contributed by atoms with E-state index in [1.165, 1.54) is 5.56 Å². The Labute approximate surface area is 186 Å². The first-order valence-electron chi connectivity index (χ1n) is 9.56. The molecule has 0 fully saturated rings. The van der Waals surface area contributed by atoms with E-state index in [0.29, 0.717) is 17.2 Å². The van der Waals surface area contributed by atoms with Gasteiger partial charge in [-0.15, -0.1) is 5.10 Å². The summed E-state index contributed by atoms with van der Waals surface area (Å²) in [6.07, 6.45) is 3.39. The van der Waals surface area contributed by atoms with E-state index in [1.54, 1.807) is 21.7 Å². The standard InChI is InChI=1S/C22H18BrN7O/c1-14-3-9-18(10-4-14)30-21-19(11-25-30)22-26-20(27-29(22)13-24-21)12-31-28-15(2)16-5-7-17(23)8-6-16/h3-11,13,28H,2,12H2,1H3. The van der Waals surface area contributed by atoms with Crippen LogP contribution in [0.25, 0.3) is 28.1 Å². The van der Waals surface area contributed by atoms with Gasteiger partial charge in [0.05, 0.1) is 23.0 Å². The molecule has 0 saturated carbocycles. The van der Waals surface area contributed by atoms with Crippen LogP contribution in [0.2, 0.25) is 0 Å². The zero-order valence-electron chi connectivity index (χ0n) is 16.7. The molecule has 0 spiro atoms. The largest absolute Gasteiger partial charge is 0.268 e. The number of aromatic nitrogens is 6. The molecule has 0 saturated heterocycles. The van der Waals surface area contributed by atoms with E-state index in [-0.39, 0.29) is 6.61 Å². The average Bonchev–Trinajstić information content (AvgIpc) is 3.38. The molecule has 0 amide bonds. The lowest BCUT2D eigenvalue weighted by Crippen LogP contribution is -2.12. The molecule has 3 heterocycles. The molecular formula is C22H18BrN7O. The molecule has 3 aromatic heterocycles. The van der Waals surface area contributed by atoms with Crippen LogP contribution < -0.4 is 5.48 Å². The second-order valence-corrected chi connectivity index (χ2v) is 7.96. The van der Waals surface area contributed by atoms with Gasteiger partial charge in [-0.3, -0.25) is 10.3 Å². The van der Waals surface area contributed by atoms with Crippen molar-refractivity contribution in [3.8, 4) is 5.69 Å². The van der Waals surface area contributed by atoms with Crippen LogP contribution >= 0.6 is 15.9 Å². The number of benzene rings is 2. The van der Waals surface area contributed by atoms with Gasteiger partial charge in [0.15, 0.2) is 17.1 Å². The fourth-order valence-electron chi connectivity index (χ4n) is 3.20. The van der Waals surface area contributed by atoms with Crippen LogP contribution in [-0.4, -0.2) is 29.4 Å². The highest BCUT2D eigenvalue weighted by atomic mass is 79.9. The number of hydrogen-bond donors (Lipinski definition) is 1. The van der Waals surface area contributed by atoms with Crippen molar-refractivity contribution in [3.63, 3.8) is 0 Å². The first kappa shape index (κ1) is 19.4. The van der Waals surface area contributed by atoms with E-state index < -0.39 is 0 Å². The Morgan fingerprint density at radius 3 is 2.65 bits per heavy atom. The molecule has 0 radical (unpaired) electrons. The van der Waals surface area contributed by atoms with Crippen molar-refractivity contribution < 1.29 is 4.84 Å². The summed E-state index contributed by atoms with van der Waals surface area (Å²) in [4.78, 5) is 14.7. The zero-order chi connectivity index (χ0) is 21.4. The zero-order valence-corrected chi connectivity index (χ0v) is 18.2. The molecule has 9 heteroatoms. The molecule has 0 unspecified atom stereocenters. The fraction of sp³-hybridized carbons (Fsp3) is 0.0909. The van der Waals surface area contributed by atoms with Crippen LogP contribution in [0, 0.1) is 6.92 Å². The van der Waals surface area contributed by atoms with Crippen molar-refractivity contribution in [2.45, 2.75) is 13.5 Å². The van der Waals surface area contributed by atoms with Crippen molar-refractivity contribution in [3.05, 3.63) is 89.1 Å². The lowest BCUT2D eigenvalue weighted by molar-refractivity contribution is 0.0603. The average molecular weight is 476 g/mol. The molecule has 0 bridgehead atoms. The molecule has 2 aromatic carbocycles. The van der Waals surface area contributed by atoms with Crippen molar-refractivity contribution in [2.75, 3.05) is 0 Å². The van der Waals surface area contributed by atoms with Crippen LogP contribution in [0.4, 0.5) is 0 Å². The van der Waals surface area contributed by atoms with Gasteiger partial charge >= 0.3 is 0 Å². The number of hydroxylamine groups is 1. The molecule has 0 atom stereocenters. The van der Waals surface area contributed by atoms with E-state index in [2.05, 4.69) is 55.1 Å². The van der Waals surface area contributed by atoms with E-state index in [1.807, 2.05) is 48.5 Å². The fourth-order valence-corrected chi connectivity index (χ4v) is 3.46. The molecule has 31 heavy (non-hydrogen) atoms. The Morgan fingerprint density at radius 1 is 1.10 bits per heavy atom. The minimum Gasteiger partial charge on any atom is -0.268 e. The van der Waals surface area contributed by atoms with Gasteiger partial charge in [-0.1, -0.05) is 52.3 Å². The maximum Gasteiger partial charge on any atom is 0.180 e. The Balaban J connectivity index is 1.35. The summed E-state index contributed by atoms with van der Waals surface area (Å²) in [5, 5.41) is 9.75. The lowest BCUT2D eigenvalue weighted by Gasteiger charge is -2.08. The van der Waals surface area contributed by atoms with Gasteiger partial charge in [-0.25, -0.2) is 19.2 Å². The summed E-state index contributed by atoms with van der Waals surface area (Å²) < 4.78 is 4.43. The maximum absolute atomic E-state index is 5.55. The Bertz CT molecular complexity index is 1390. The number of halogens is 1. The second-order valence-electron chi connectivity index (χ2n) is 7.05. The molecule has 5 rings (SSSR count). The molecule has 5 aromatic rings. The first-order chi connectivity index (χ1) is 15.1. The van der Waals surface area contributed by atoms with Crippen LogP contribution in [0.15, 0.2) is 72.1 Å². The normalized spacial score (nSPS) is 11.3. The van der Waals surface area contributed by atoms with Gasteiger partial charge < -0.3 is 0 Å². The molecule has 0 aliphatic heterocycles. The van der Waals surface area contributed by atoms with Crippen molar-refractivity contribution in [2.24, 2.45) is 0 Å². The second kappa shape index (κ2) is 7.93. The Kier molecular flexibility index (Phi) is 4.97. The monoisotopic (exact) mass is 475 g/mol. The highest BCUT2D eigenvalue weighted by molar-refractivity contribution is 9.10. The molecule has 8 nitrogen and oxygen atoms in total. The van der Waals surface area contributed by atoms with Crippen LogP contribution in [0.3, 0.4) is 0 Å². The van der Waals surface area contributed by atoms with Crippen molar-refractivity contribution >= 4 is 38.3 Å². The van der Waals surface area contributed by atoms with Crippen molar-refractivity contribution in [1.82, 2.24) is 34.8 Å². The number of nitrogens with one attached hydrogen (secondary N) is 1. The van der Waals surface area contributed by atoms with Gasteiger partial charge in [0, 0.05) is 4.47 Å². The van der Waals surface area contributed by atoms with E-state index in [9.17, 15) is 0 Å². The van der Waals surface area contributed by atoms with Crippen molar-refractivity contribution in [1.29, 1.82) is 0 Å². The molecular weight excluding hydrogens is 458 g/mol. The van der Waals surface area contributed by atoms with Gasteiger partial charge in [0.25, 0.3) is 0 Å². The summed E-state index contributed by atoms with van der Waals surface area (Å²) in [5.74, 6) is 0.522. The Hall–Kier alpha value is -3.56. The maximum atomic E-state index is 5.55. The predicted octanol–water partition coefficient (Wildman–Crippen LogP) is 4.23. The van der Waals surface area contributed by atoms with Gasteiger partial charge in [-0.2, -0.15) is 5.10 Å². The van der Waals surface area contributed by atoms with Gasteiger partial charge in [0.1, 0.15) is 12.9 Å². The van der Waals surface area contributed by atoms with Crippen LogP contribution in [0.1, 0.15) is 17.0 Å². The topological polar surface area (TPSA) is 82.2 Å². The summed E-state index contributed by atoms with van der Waals surface area (Å²) >= 11 is 3.42. The predicted molar refractivity (Wildman–Crippen MR) is 121 cm³/mol. The minimum absolute atomic E-state index is 0.171. The smallest absolute Gasteiger partial charge is 0.180 e. The Morgan fingerprint density at radius 2 is 1.87 bits per heavy atom. The molecule has 0 aliphatic rings. The highest BCUT2D eigenvalue weighted by Gasteiger charge is 2.14. The summed E-state index contributed by atoms with van der Waals surface area (Å²) in [6.45, 7) is 6.21. The van der Waals surface area contributed by atoms with E-state index >= 15 is 0 Å². The minimum atomic E-state index is 0.171. The number of aryl methyl sites for hydroxylation is 1. The number of hydrogen-bond acceptors (Lipinski definition) is 6. The summed E-state index contributed by atoms with van der Waals surface area (Å²) in [6, 6.07) is 15.9. The number of fused-ring (bicyclic) bond motifs is 3. The highest BCUT2D eigenvalue weighted by Crippen LogP contribution is 2.20. The third kappa shape index (κ3) is 3.80. The van der Waals surface area contributed by atoms with Crippen LogP contribution in [0.5, 0.6) is 0 Å². The SMILES string of the molecule is C=C(NOCc1nc2c3cnn(-c4ccc(C)cc4)c3ncn2n1)c1ccc(Br)cc1. The third-order valence-electron chi connectivity index (χ3n) is 4.82. The summed E-state index contributed by atoms with van der Waals surface area (Å²) in [5.41, 5.74) is 7.96. The molecule has 154 valence electrons. The third-order valence-corrected chi connectivity index (χ3v) is 5.35. The number of rotatable bonds is 6. The van der Waals surface area contributed by atoms with Gasteiger partial charge in [-0.05, 0) is 36.8 Å². The van der Waals surface area contributed by atoms with E-state index in [0.717, 1.165) is 26.8 Å². The summed E-state index contributed by atoms with van der Waals surface area (Å²) in [7, 11) is 0. The number of nitrogens with zero attached hydrogens (tertiary/aromatic N) is 6. The van der Waals surface area contributed by atoms with Gasteiger partial charge in [0.2, 0.25) is 0 Å². The van der Waals surface area contributed by atoms with Crippen LogP contribution in [-0.2, 0) is 11.4 Å². The van der Waals surface area contributed by atoms with E-state index in [4.69, 9.17) is 4.84 Å². The lowest BCUT2D eigenvalue weighted by atomic mass is 10.2. The molecule has 1 N–H and O–H groups in total. The first-order valence-corrected chi connectivity index (χ1v) is 10.4. The molecule has 0 aliphatic carbocycles. The quantitative estimate of drug-likeness (QED) is 0.370.